The van der Waals surface area contributed by atoms with Crippen LogP contribution >= 0.6 is 11.6 Å². The zero-order valence-electron chi connectivity index (χ0n) is 13.4. The Bertz CT molecular complexity index is 732. The van der Waals surface area contributed by atoms with Gasteiger partial charge in [-0.2, -0.15) is 0 Å². The molecule has 0 aromatic heterocycles. The van der Waals surface area contributed by atoms with Crippen LogP contribution in [0.15, 0.2) is 48.5 Å². The van der Waals surface area contributed by atoms with Crippen molar-refractivity contribution >= 4 is 29.2 Å². The predicted octanol–water partition coefficient (Wildman–Crippen LogP) is 3.92. The lowest BCUT2D eigenvalue weighted by atomic mass is 10.2. The zero-order valence-corrected chi connectivity index (χ0v) is 14.2. The lowest BCUT2D eigenvalue weighted by Gasteiger charge is -2.17. The van der Waals surface area contributed by atoms with Gasteiger partial charge < -0.3 is 14.8 Å². The van der Waals surface area contributed by atoms with Crippen LogP contribution in [0.1, 0.15) is 23.7 Å². The van der Waals surface area contributed by atoms with Crippen LogP contribution in [0.5, 0.6) is 5.75 Å². The van der Waals surface area contributed by atoms with Crippen molar-refractivity contribution in [1.29, 1.82) is 0 Å². The molecule has 0 spiro atoms. The summed E-state index contributed by atoms with van der Waals surface area (Å²) >= 11 is 5.92. The molecule has 0 aliphatic rings. The van der Waals surface area contributed by atoms with Gasteiger partial charge in [-0.3, -0.25) is 4.79 Å². The Hall–Kier alpha value is -2.53. The normalized spacial score (nSPS) is 11.5. The molecule has 2 aromatic carbocycles. The van der Waals surface area contributed by atoms with Gasteiger partial charge in [0.05, 0.1) is 12.7 Å². The van der Waals surface area contributed by atoms with Crippen LogP contribution in [0.2, 0.25) is 5.02 Å². The molecule has 2 aromatic rings. The molecular formula is C18H18ClNO4. The van der Waals surface area contributed by atoms with E-state index in [1.165, 1.54) is 7.11 Å². The first-order valence-corrected chi connectivity index (χ1v) is 7.82. The largest absolute Gasteiger partial charge is 0.481 e. The zero-order chi connectivity index (χ0) is 17.5. The Kier molecular flexibility index (Phi) is 6.21. The quantitative estimate of drug-likeness (QED) is 0.804. The van der Waals surface area contributed by atoms with Gasteiger partial charge in [0.1, 0.15) is 5.75 Å². The molecule has 0 fully saturated rings. The Morgan fingerprint density at radius 3 is 2.58 bits per heavy atom. The minimum absolute atomic E-state index is 0.306. The van der Waals surface area contributed by atoms with Crippen molar-refractivity contribution in [3.8, 4) is 5.75 Å². The molecule has 2 rings (SSSR count). The number of benzene rings is 2. The van der Waals surface area contributed by atoms with E-state index >= 15 is 0 Å². The van der Waals surface area contributed by atoms with Gasteiger partial charge in [0, 0.05) is 10.7 Å². The number of rotatable bonds is 6. The summed E-state index contributed by atoms with van der Waals surface area (Å²) in [6.07, 6.45) is -0.195. The molecule has 1 amide bonds. The van der Waals surface area contributed by atoms with Gasteiger partial charge in [-0.15, -0.1) is 0 Å². The van der Waals surface area contributed by atoms with Gasteiger partial charge in [-0.25, -0.2) is 4.79 Å². The van der Waals surface area contributed by atoms with Crippen LogP contribution in [0.3, 0.4) is 0 Å². The molecule has 0 aliphatic carbocycles. The highest BCUT2D eigenvalue weighted by atomic mass is 35.5. The smallest absolute Gasteiger partial charge is 0.337 e. The van der Waals surface area contributed by atoms with Crippen LogP contribution in [0.25, 0.3) is 0 Å². The molecule has 1 atom stereocenters. The minimum Gasteiger partial charge on any atom is -0.481 e. The molecule has 0 radical (unpaired) electrons. The fourth-order valence-electron chi connectivity index (χ4n) is 2.09. The van der Waals surface area contributed by atoms with Crippen LogP contribution < -0.4 is 10.1 Å². The Morgan fingerprint density at radius 2 is 1.92 bits per heavy atom. The van der Waals surface area contributed by atoms with Crippen LogP contribution in [-0.2, 0) is 9.53 Å². The van der Waals surface area contributed by atoms with Crippen molar-refractivity contribution in [1.82, 2.24) is 0 Å². The number of ether oxygens (including phenoxy) is 2. The van der Waals surface area contributed by atoms with E-state index in [0.29, 0.717) is 28.4 Å². The third-order valence-corrected chi connectivity index (χ3v) is 3.52. The van der Waals surface area contributed by atoms with E-state index in [1.54, 1.807) is 48.5 Å². The molecule has 0 saturated carbocycles. The Labute approximate surface area is 145 Å². The van der Waals surface area contributed by atoms with E-state index < -0.39 is 12.1 Å². The predicted molar refractivity (Wildman–Crippen MR) is 92.6 cm³/mol. The van der Waals surface area contributed by atoms with E-state index in [0.717, 1.165) is 0 Å². The summed E-state index contributed by atoms with van der Waals surface area (Å²) in [7, 11) is 1.31. The number of esters is 1. The van der Waals surface area contributed by atoms with E-state index in [1.807, 2.05) is 6.92 Å². The first-order valence-electron chi connectivity index (χ1n) is 7.45. The van der Waals surface area contributed by atoms with Gasteiger partial charge in [0.25, 0.3) is 5.91 Å². The molecule has 0 aliphatic heterocycles. The molecular weight excluding hydrogens is 330 g/mol. The first-order chi connectivity index (χ1) is 11.5. The molecule has 0 bridgehead atoms. The molecule has 0 heterocycles. The summed E-state index contributed by atoms with van der Waals surface area (Å²) in [6.45, 7) is 1.85. The van der Waals surface area contributed by atoms with Crippen molar-refractivity contribution in [2.24, 2.45) is 0 Å². The Balaban J connectivity index is 2.08. The van der Waals surface area contributed by atoms with Crippen molar-refractivity contribution in [2.75, 3.05) is 12.4 Å². The number of hydrogen-bond acceptors (Lipinski definition) is 4. The van der Waals surface area contributed by atoms with Crippen molar-refractivity contribution < 1.29 is 19.1 Å². The van der Waals surface area contributed by atoms with Gasteiger partial charge in [-0.05, 0) is 42.8 Å². The highest BCUT2D eigenvalue weighted by molar-refractivity contribution is 6.30. The Morgan fingerprint density at radius 1 is 1.17 bits per heavy atom. The fourth-order valence-corrected chi connectivity index (χ4v) is 2.27. The second-order valence-electron chi connectivity index (χ2n) is 5.03. The van der Waals surface area contributed by atoms with E-state index in [9.17, 15) is 9.59 Å². The average Bonchev–Trinajstić information content (AvgIpc) is 2.59. The summed E-state index contributed by atoms with van der Waals surface area (Å²) in [4.78, 5) is 23.9. The van der Waals surface area contributed by atoms with Gasteiger partial charge in [-0.1, -0.05) is 30.7 Å². The summed E-state index contributed by atoms with van der Waals surface area (Å²) in [5, 5.41) is 3.28. The third-order valence-electron chi connectivity index (χ3n) is 3.29. The summed E-state index contributed by atoms with van der Waals surface area (Å²) in [6, 6.07) is 13.4. The molecule has 0 saturated heterocycles. The molecule has 1 N–H and O–H groups in total. The number of anilines is 1. The van der Waals surface area contributed by atoms with Crippen molar-refractivity contribution in [3.63, 3.8) is 0 Å². The van der Waals surface area contributed by atoms with Gasteiger partial charge in [0.2, 0.25) is 0 Å². The van der Waals surface area contributed by atoms with Crippen molar-refractivity contribution in [2.45, 2.75) is 19.4 Å². The second-order valence-corrected chi connectivity index (χ2v) is 5.47. The fraction of sp³-hybridized carbons (Fsp3) is 0.222. The highest BCUT2D eigenvalue weighted by Gasteiger charge is 2.19. The number of carbonyl (C=O) groups excluding carboxylic acids is 2. The first kappa shape index (κ1) is 17.8. The topological polar surface area (TPSA) is 64.6 Å². The van der Waals surface area contributed by atoms with Gasteiger partial charge >= 0.3 is 5.97 Å². The van der Waals surface area contributed by atoms with E-state index in [4.69, 9.17) is 16.3 Å². The molecule has 6 heteroatoms. The number of methoxy groups -OCH3 is 1. The maximum Gasteiger partial charge on any atom is 0.337 e. The van der Waals surface area contributed by atoms with Gasteiger partial charge in [0.15, 0.2) is 6.10 Å². The monoisotopic (exact) mass is 347 g/mol. The SMILES string of the molecule is CC[C@H](Oc1cccc(Cl)c1)C(=O)Nc1cccc(C(=O)OC)c1. The lowest BCUT2D eigenvalue weighted by molar-refractivity contribution is -0.122. The number of amides is 1. The lowest BCUT2D eigenvalue weighted by Crippen LogP contribution is -2.32. The van der Waals surface area contributed by atoms with Crippen LogP contribution in [0, 0.1) is 0 Å². The summed E-state index contributed by atoms with van der Waals surface area (Å²) in [5.41, 5.74) is 0.857. The van der Waals surface area contributed by atoms with E-state index in [-0.39, 0.29) is 5.91 Å². The number of halogens is 1. The van der Waals surface area contributed by atoms with Crippen LogP contribution in [-0.4, -0.2) is 25.1 Å². The number of hydrogen-bond donors (Lipinski definition) is 1. The molecule has 24 heavy (non-hydrogen) atoms. The summed E-state index contributed by atoms with van der Waals surface area (Å²) in [5.74, 6) is -0.249. The van der Waals surface area contributed by atoms with Crippen molar-refractivity contribution in [3.05, 3.63) is 59.1 Å². The second kappa shape index (κ2) is 8.36. The number of carbonyl (C=O) groups is 2. The minimum atomic E-state index is -0.676. The average molecular weight is 348 g/mol. The number of nitrogens with one attached hydrogen (secondary N) is 1. The van der Waals surface area contributed by atoms with E-state index in [2.05, 4.69) is 10.1 Å². The molecule has 126 valence electrons. The van der Waals surface area contributed by atoms with Crippen LogP contribution in [0.4, 0.5) is 5.69 Å². The summed E-state index contributed by atoms with van der Waals surface area (Å²) < 4.78 is 10.4. The standard InChI is InChI=1S/C18H18ClNO4/c1-3-16(24-15-9-5-7-13(19)11-15)17(21)20-14-8-4-6-12(10-14)18(22)23-2/h4-11,16H,3H2,1-2H3,(H,20,21)/t16-/m0/s1. The highest BCUT2D eigenvalue weighted by Crippen LogP contribution is 2.20. The molecule has 0 unspecified atom stereocenters. The maximum absolute atomic E-state index is 12.4. The molecule has 5 nitrogen and oxygen atoms in total. The maximum atomic E-state index is 12.4. The third kappa shape index (κ3) is 4.73.